The Hall–Kier alpha value is -3.62. The van der Waals surface area contributed by atoms with Crippen molar-refractivity contribution in [3.8, 4) is 5.75 Å². The highest BCUT2D eigenvalue weighted by Gasteiger charge is 2.30. The number of amides is 1. The fourth-order valence-electron chi connectivity index (χ4n) is 3.20. The highest BCUT2D eigenvalue weighted by molar-refractivity contribution is 6.07. The Bertz CT molecular complexity index is 1020. The van der Waals surface area contributed by atoms with E-state index < -0.39 is 5.97 Å². The summed E-state index contributed by atoms with van der Waals surface area (Å²) in [6, 6.07) is 5.21. The Kier molecular flexibility index (Phi) is 6.74. The Morgan fingerprint density at radius 3 is 2.48 bits per heavy atom. The van der Waals surface area contributed by atoms with E-state index in [1.54, 1.807) is 19.2 Å². The van der Waals surface area contributed by atoms with Gasteiger partial charge in [0.2, 0.25) is 5.91 Å². The predicted molar refractivity (Wildman–Crippen MR) is 120 cm³/mol. The van der Waals surface area contributed by atoms with Gasteiger partial charge >= 0.3 is 5.97 Å². The maximum atomic E-state index is 12.3. The number of rotatable bonds is 9. The average Bonchev–Trinajstić information content (AvgIpc) is 3.63. The zero-order valence-corrected chi connectivity index (χ0v) is 18.1. The molecule has 9 heteroatoms. The molecule has 1 heterocycles. The number of benzene rings is 1. The van der Waals surface area contributed by atoms with Crippen molar-refractivity contribution in [1.29, 1.82) is 5.41 Å². The third-order valence-corrected chi connectivity index (χ3v) is 5.06. The Balaban J connectivity index is 2.04. The summed E-state index contributed by atoms with van der Waals surface area (Å²) in [4.78, 5) is 28.6. The Labute approximate surface area is 181 Å². The lowest BCUT2D eigenvalue weighted by molar-refractivity contribution is -0.117. The number of carbonyl (C=O) groups is 2. The molecule has 1 aromatic heterocycles. The van der Waals surface area contributed by atoms with Crippen LogP contribution in [-0.2, 0) is 9.53 Å². The van der Waals surface area contributed by atoms with Crippen LogP contribution in [0.1, 0.15) is 42.1 Å². The molecule has 2 aromatic rings. The molecule has 31 heavy (non-hydrogen) atoms. The number of nitrogens with one attached hydrogen (secondary N) is 4. The van der Waals surface area contributed by atoms with Crippen LogP contribution in [0.3, 0.4) is 0 Å². The van der Waals surface area contributed by atoms with Gasteiger partial charge in [-0.3, -0.25) is 4.79 Å². The number of ether oxygens (including phenoxy) is 2. The molecule has 0 saturated heterocycles. The number of hydrogen-bond acceptors (Lipinski definition) is 8. The minimum Gasteiger partial charge on any atom is -0.494 e. The van der Waals surface area contributed by atoms with Crippen molar-refractivity contribution in [2.24, 2.45) is 5.92 Å². The number of pyridine rings is 1. The van der Waals surface area contributed by atoms with Crippen LogP contribution in [0.2, 0.25) is 0 Å². The molecule has 1 saturated carbocycles. The molecule has 1 fully saturated rings. The van der Waals surface area contributed by atoms with E-state index in [1.165, 1.54) is 20.4 Å². The minimum atomic E-state index is -0.567. The van der Waals surface area contributed by atoms with E-state index in [-0.39, 0.29) is 17.4 Å². The van der Waals surface area contributed by atoms with Gasteiger partial charge < -0.3 is 30.8 Å². The largest absolute Gasteiger partial charge is 0.494 e. The van der Waals surface area contributed by atoms with Crippen LogP contribution in [0, 0.1) is 11.3 Å². The van der Waals surface area contributed by atoms with Crippen molar-refractivity contribution < 1.29 is 19.1 Å². The summed E-state index contributed by atoms with van der Waals surface area (Å²) in [5.41, 5.74) is 2.97. The monoisotopic (exact) mass is 425 g/mol. The van der Waals surface area contributed by atoms with Gasteiger partial charge in [-0.05, 0) is 31.4 Å². The number of esters is 1. The van der Waals surface area contributed by atoms with Crippen molar-refractivity contribution in [2.75, 3.05) is 37.2 Å². The third kappa shape index (κ3) is 4.76. The first-order chi connectivity index (χ1) is 14.9. The lowest BCUT2D eigenvalue weighted by Gasteiger charge is -2.20. The lowest BCUT2D eigenvalue weighted by atomic mass is 10.0. The topological polar surface area (TPSA) is 125 Å². The number of aromatic nitrogens is 1. The maximum absolute atomic E-state index is 12.3. The second-order valence-electron chi connectivity index (χ2n) is 7.15. The smallest absolute Gasteiger partial charge is 0.341 e. The summed E-state index contributed by atoms with van der Waals surface area (Å²) in [6.45, 7) is 1.90. The first-order valence-corrected chi connectivity index (χ1v) is 10.1. The Morgan fingerprint density at radius 1 is 1.19 bits per heavy atom. The zero-order chi connectivity index (χ0) is 22.5. The zero-order valence-electron chi connectivity index (χ0n) is 18.1. The molecule has 164 valence electrons. The average molecular weight is 425 g/mol. The van der Waals surface area contributed by atoms with E-state index >= 15 is 0 Å². The summed E-state index contributed by atoms with van der Waals surface area (Å²) < 4.78 is 10.5. The fourth-order valence-corrected chi connectivity index (χ4v) is 3.20. The molecule has 1 aliphatic rings. The molecule has 1 aromatic carbocycles. The molecule has 0 spiro atoms. The number of carbonyl (C=O) groups excluding carboxylic acids is 2. The quantitative estimate of drug-likeness (QED) is 0.356. The molecule has 0 radical (unpaired) electrons. The van der Waals surface area contributed by atoms with E-state index in [1.807, 2.05) is 13.0 Å². The molecule has 4 N–H and O–H groups in total. The van der Waals surface area contributed by atoms with Crippen LogP contribution in [-0.4, -0.2) is 43.8 Å². The summed E-state index contributed by atoms with van der Waals surface area (Å²) >= 11 is 0. The van der Waals surface area contributed by atoms with E-state index in [0.29, 0.717) is 40.6 Å². The number of methoxy groups -OCH3 is 2. The van der Waals surface area contributed by atoms with Gasteiger partial charge in [-0.1, -0.05) is 6.92 Å². The second-order valence-corrected chi connectivity index (χ2v) is 7.15. The van der Waals surface area contributed by atoms with Gasteiger partial charge in [-0.25, -0.2) is 9.78 Å². The number of hydrogen-bond donors (Lipinski definition) is 4. The van der Waals surface area contributed by atoms with Crippen LogP contribution in [0.5, 0.6) is 5.75 Å². The lowest BCUT2D eigenvalue weighted by Crippen LogP contribution is -2.15. The first kappa shape index (κ1) is 22.1. The van der Waals surface area contributed by atoms with E-state index in [2.05, 4.69) is 20.9 Å². The van der Waals surface area contributed by atoms with Gasteiger partial charge in [0, 0.05) is 36.6 Å². The highest BCUT2D eigenvalue weighted by atomic mass is 16.5. The molecule has 0 aliphatic heterocycles. The molecule has 0 bridgehead atoms. The summed E-state index contributed by atoms with van der Waals surface area (Å²) in [7, 11) is 4.60. The minimum absolute atomic E-state index is 0.0234. The summed E-state index contributed by atoms with van der Waals surface area (Å²) in [6.07, 6.45) is 3.63. The maximum Gasteiger partial charge on any atom is 0.341 e. The second kappa shape index (κ2) is 9.46. The van der Waals surface area contributed by atoms with Crippen molar-refractivity contribution in [3.05, 3.63) is 35.5 Å². The number of anilines is 4. The SMILES string of the molecule is CCC(=N)c1c(NC)ccc(Nc2cc(NC(=O)C3CC3)ncc2C(=O)OC)c1OC. The van der Waals surface area contributed by atoms with Crippen LogP contribution in [0.25, 0.3) is 0 Å². The van der Waals surface area contributed by atoms with Crippen molar-refractivity contribution in [2.45, 2.75) is 26.2 Å². The van der Waals surface area contributed by atoms with E-state index in [0.717, 1.165) is 18.5 Å². The van der Waals surface area contributed by atoms with Gasteiger partial charge in [0.05, 0.1) is 31.2 Å². The standard InChI is InChI=1S/C22H27N5O4/c1-5-14(23)19-15(24-2)8-9-16(20(19)30-3)26-17-10-18(27-21(28)12-6-7-12)25-11-13(17)22(29)31-4/h8-12,23-24H,5-7H2,1-4H3,(H2,25,26,27,28). The van der Waals surface area contributed by atoms with Gasteiger partial charge in [0.15, 0.2) is 5.75 Å². The number of nitrogens with zero attached hydrogens (tertiary/aromatic N) is 1. The molecule has 0 unspecified atom stereocenters. The predicted octanol–water partition coefficient (Wildman–Crippen LogP) is 3.79. The highest BCUT2D eigenvalue weighted by Crippen LogP contribution is 2.38. The van der Waals surface area contributed by atoms with Gasteiger partial charge in [0.25, 0.3) is 0 Å². The van der Waals surface area contributed by atoms with Gasteiger partial charge in [-0.15, -0.1) is 0 Å². The van der Waals surface area contributed by atoms with Crippen LogP contribution < -0.4 is 20.7 Å². The fraction of sp³-hybridized carbons (Fsp3) is 0.364. The van der Waals surface area contributed by atoms with Crippen molar-refractivity contribution >= 4 is 40.5 Å². The third-order valence-electron chi connectivity index (χ3n) is 5.06. The van der Waals surface area contributed by atoms with Crippen LogP contribution in [0.15, 0.2) is 24.4 Å². The molecule has 1 amide bonds. The molecular weight excluding hydrogens is 398 g/mol. The molecule has 3 rings (SSSR count). The first-order valence-electron chi connectivity index (χ1n) is 10.1. The van der Waals surface area contributed by atoms with Crippen LogP contribution >= 0.6 is 0 Å². The molecule has 1 aliphatic carbocycles. The van der Waals surface area contributed by atoms with E-state index in [9.17, 15) is 9.59 Å². The molecule has 9 nitrogen and oxygen atoms in total. The molecule has 0 atom stereocenters. The van der Waals surface area contributed by atoms with Crippen LogP contribution in [0.4, 0.5) is 22.9 Å². The summed E-state index contributed by atoms with van der Waals surface area (Å²) in [5.74, 6) is 0.172. The Morgan fingerprint density at radius 2 is 1.90 bits per heavy atom. The molecular formula is C22H27N5O4. The van der Waals surface area contributed by atoms with E-state index in [4.69, 9.17) is 14.9 Å². The van der Waals surface area contributed by atoms with Gasteiger partial charge in [0.1, 0.15) is 11.4 Å². The summed E-state index contributed by atoms with van der Waals surface area (Å²) in [5, 5.41) is 17.4. The van der Waals surface area contributed by atoms with Crippen molar-refractivity contribution in [1.82, 2.24) is 4.98 Å². The normalized spacial score (nSPS) is 12.6. The van der Waals surface area contributed by atoms with Gasteiger partial charge in [-0.2, -0.15) is 0 Å². The van der Waals surface area contributed by atoms with Crippen molar-refractivity contribution in [3.63, 3.8) is 0 Å².